The number of fused-ring (bicyclic) bond motifs is 1. The highest BCUT2D eigenvalue weighted by molar-refractivity contribution is 5.92. The second-order valence-electron chi connectivity index (χ2n) is 7.93. The Hall–Kier alpha value is -3.00. The van der Waals surface area contributed by atoms with Crippen molar-refractivity contribution in [1.29, 1.82) is 0 Å². The van der Waals surface area contributed by atoms with Gasteiger partial charge in [0.15, 0.2) is 5.69 Å². The molecule has 7 nitrogen and oxygen atoms in total. The van der Waals surface area contributed by atoms with Gasteiger partial charge >= 0.3 is 0 Å². The normalized spacial score (nSPS) is 24.2. The zero-order valence-electron chi connectivity index (χ0n) is 16.1. The molecule has 0 bridgehead atoms. The first-order valence-corrected chi connectivity index (χ1v) is 9.79. The van der Waals surface area contributed by atoms with Crippen LogP contribution in [0.3, 0.4) is 0 Å². The predicted molar refractivity (Wildman–Crippen MR) is 102 cm³/mol. The van der Waals surface area contributed by atoms with Crippen LogP contribution in [0.25, 0.3) is 0 Å². The predicted octanol–water partition coefficient (Wildman–Crippen LogP) is 2.79. The summed E-state index contributed by atoms with van der Waals surface area (Å²) in [4.78, 5) is 24.8. The summed E-state index contributed by atoms with van der Waals surface area (Å²) in [6.07, 6.45) is 3.57. The Kier molecular flexibility index (Phi) is 4.43. The van der Waals surface area contributed by atoms with Gasteiger partial charge in [0.25, 0.3) is 5.91 Å². The molecule has 3 atom stereocenters. The zero-order valence-corrected chi connectivity index (χ0v) is 16.1. The van der Waals surface area contributed by atoms with Crippen molar-refractivity contribution < 1.29 is 13.7 Å². The highest BCUT2D eigenvalue weighted by atomic mass is 19.1. The summed E-state index contributed by atoms with van der Waals surface area (Å²) < 4.78 is 19.1. The van der Waals surface area contributed by atoms with E-state index < -0.39 is 0 Å². The first-order valence-electron chi connectivity index (χ1n) is 9.79. The molecule has 29 heavy (non-hydrogen) atoms. The quantitative estimate of drug-likeness (QED) is 0.735. The molecule has 1 amide bonds. The maximum absolute atomic E-state index is 14.0. The van der Waals surface area contributed by atoms with Gasteiger partial charge in [-0.05, 0) is 30.5 Å². The van der Waals surface area contributed by atoms with E-state index in [0.717, 1.165) is 31.0 Å². The maximum Gasteiger partial charge on any atom is 0.276 e. The van der Waals surface area contributed by atoms with Crippen molar-refractivity contribution in [3.05, 3.63) is 71.4 Å². The van der Waals surface area contributed by atoms with Gasteiger partial charge in [0.05, 0.1) is 12.6 Å². The molecule has 2 aliphatic rings. The summed E-state index contributed by atoms with van der Waals surface area (Å²) in [6.45, 7) is 4.82. The number of nitrogens with one attached hydrogen (secondary N) is 1. The van der Waals surface area contributed by atoms with Crippen molar-refractivity contribution in [3.8, 4) is 0 Å². The highest BCUT2D eigenvalue weighted by Gasteiger charge is 2.49. The van der Waals surface area contributed by atoms with Crippen molar-refractivity contribution in [3.63, 3.8) is 0 Å². The van der Waals surface area contributed by atoms with Crippen molar-refractivity contribution in [2.75, 3.05) is 19.6 Å². The number of likely N-dealkylation sites (tertiary alicyclic amines) is 2. The first kappa shape index (κ1) is 18.1. The number of H-pyrrole nitrogens is 1. The lowest BCUT2D eigenvalue weighted by Crippen LogP contribution is -2.36. The average molecular weight is 395 g/mol. The Morgan fingerprint density at radius 3 is 2.93 bits per heavy atom. The minimum absolute atomic E-state index is 0.164. The molecule has 0 radical (unpaired) electrons. The van der Waals surface area contributed by atoms with Crippen LogP contribution in [0.4, 0.5) is 4.39 Å². The van der Waals surface area contributed by atoms with Crippen LogP contribution in [0.2, 0.25) is 0 Å². The van der Waals surface area contributed by atoms with E-state index in [9.17, 15) is 9.18 Å². The van der Waals surface area contributed by atoms with Gasteiger partial charge in [-0.1, -0.05) is 17.3 Å². The molecular weight excluding hydrogens is 373 g/mol. The Morgan fingerprint density at radius 1 is 1.31 bits per heavy atom. The molecule has 1 N–H and O–H groups in total. The second kappa shape index (κ2) is 7.11. The lowest BCUT2D eigenvalue weighted by molar-refractivity contribution is 0.0688. The summed E-state index contributed by atoms with van der Waals surface area (Å²) in [5.74, 6) is 1.61. The number of rotatable bonds is 4. The summed E-state index contributed by atoms with van der Waals surface area (Å²) in [5.41, 5.74) is 1.13. The van der Waals surface area contributed by atoms with Gasteiger partial charge < -0.3 is 14.4 Å². The Morgan fingerprint density at radius 2 is 2.21 bits per heavy atom. The van der Waals surface area contributed by atoms with E-state index in [2.05, 4.69) is 20.0 Å². The van der Waals surface area contributed by atoms with E-state index in [4.69, 9.17) is 4.52 Å². The van der Waals surface area contributed by atoms with Crippen LogP contribution in [0, 0.1) is 24.6 Å². The third-order valence-corrected chi connectivity index (χ3v) is 5.97. The second-order valence-corrected chi connectivity index (χ2v) is 7.93. The van der Waals surface area contributed by atoms with Crippen molar-refractivity contribution in [2.45, 2.75) is 19.5 Å². The lowest BCUT2D eigenvalue weighted by Gasteiger charge is -2.29. The molecule has 0 saturated carbocycles. The molecule has 2 aliphatic heterocycles. The van der Waals surface area contributed by atoms with E-state index in [0.29, 0.717) is 23.9 Å². The Bertz CT molecular complexity index is 1020. The molecule has 1 aromatic carbocycles. The number of carbonyl (C=O) groups is 1. The molecule has 0 spiro atoms. The third-order valence-electron chi connectivity index (χ3n) is 5.97. The number of aryl methyl sites for hydroxylation is 1. The van der Waals surface area contributed by atoms with Gasteiger partial charge in [0.1, 0.15) is 17.4 Å². The van der Waals surface area contributed by atoms with Crippen molar-refractivity contribution in [1.82, 2.24) is 24.9 Å². The number of aromatic nitrogens is 3. The molecule has 3 aromatic rings. The van der Waals surface area contributed by atoms with Crippen LogP contribution in [0.15, 0.2) is 47.2 Å². The first-order chi connectivity index (χ1) is 14.1. The van der Waals surface area contributed by atoms with Crippen LogP contribution >= 0.6 is 0 Å². The number of hydrogen-bond donors (Lipinski definition) is 1. The summed E-state index contributed by atoms with van der Waals surface area (Å²) in [7, 11) is 0. The fourth-order valence-corrected chi connectivity index (χ4v) is 4.80. The SMILES string of the molecule is Cc1cc(C(=O)N2C[C@@H]3CN(Cc4ncc[nH]4)C[C@@H]3[C@@H]2c2cccc(F)c2)no1. The van der Waals surface area contributed by atoms with E-state index in [1.807, 2.05) is 17.2 Å². The number of carbonyl (C=O) groups excluding carboxylic acids is 1. The minimum Gasteiger partial charge on any atom is -0.361 e. The number of halogens is 1. The molecule has 4 heterocycles. The standard InChI is InChI=1S/C21H22FN5O2/c1-13-7-18(25-29-13)21(28)27-10-15-9-26(12-19-23-5-6-24-19)11-17(15)20(27)14-3-2-4-16(22)8-14/h2-8,15,17,20H,9-12H2,1H3,(H,23,24)/t15-,17-,20-/m0/s1. The molecule has 2 aromatic heterocycles. The van der Waals surface area contributed by atoms with Gasteiger partial charge in [-0.15, -0.1) is 0 Å². The van der Waals surface area contributed by atoms with Crippen LogP contribution in [0.5, 0.6) is 0 Å². The summed E-state index contributed by atoms with van der Waals surface area (Å²) in [6, 6.07) is 8.04. The van der Waals surface area contributed by atoms with Gasteiger partial charge in [0, 0.05) is 44.0 Å². The van der Waals surface area contributed by atoms with Crippen molar-refractivity contribution >= 4 is 5.91 Å². The third kappa shape index (κ3) is 3.33. The van der Waals surface area contributed by atoms with E-state index in [1.165, 1.54) is 12.1 Å². The van der Waals surface area contributed by atoms with Gasteiger partial charge in [-0.2, -0.15) is 0 Å². The molecule has 150 valence electrons. The maximum atomic E-state index is 14.0. The van der Waals surface area contributed by atoms with Gasteiger partial charge in [-0.25, -0.2) is 9.37 Å². The monoisotopic (exact) mass is 395 g/mol. The Labute approximate surface area is 167 Å². The van der Waals surface area contributed by atoms with Crippen LogP contribution in [-0.2, 0) is 6.54 Å². The van der Waals surface area contributed by atoms with E-state index in [1.54, 1.807) is 25.3 Å². The van der Waals surface area contributed by atoms with E-state index in [-0.39, 0.29) is 23.7 Å². The highest BCUT2D eigenvalue weighted by Crippen LogP contribution is 2.45. The number of benzene rings is 1. The zero-order chi connectivity index (χ0) is 20.0. The molecule has 8 heteroatoms. The fourth-order valence-electron chi connectivity index (χ4n) is 4.80. The molecule has 0 aliphatic carbocycles. The molecule has 5 rings (SSSR count). The number of aromatic amines is 1. The molecule has 0 unspecified atom stereocenters. The topological polar surface area (TPSA) is 78.3 Å². The summed E-state index contributed by atoms with van der Waals surface area (Å²) >= 11 is 0. The van der Waals surface area contributed by atoms with Gasteiger partial charge in [0.2, 0.25) is 0 Å². The largest absolute Gasteiger partial charge is 0.361 e. The van der Waals surface area contributed by atoms with Crippen LogP contribution in [0.1, 0.15) is 33.7 Å². The Balaban J connectivity index is 1.43. The number of nitrogens with zero attached hydrogens (tertiary/aromatic N) is 4. The van der Waals surface area contributed by atoms with Crippen LogP contribution in [-0.4, -0.2) is 50.5 Å². The molecule has 2 fully saturated rings. The number of imidazole rings is 1. The minimum atomic E-state index is -0.291. The molecule has 2 saturated heterocycles. The average Bonchev–Trinajstić information content (AvgIpc) is 3.46. The summed E-state index contributed by atoms with van der Waals surface area (Å²) in [5, 5.41) is 3.90. The smallest absolute Gasteiger partial charge is 0.276 e. The lowest BCUT2D eigenvalue weighted by atomic mass is 9.89. The number of hydrogen-bond acceptors (Lipinski definition) is 5. The van der Waals surface area contributed by atoms with Gasteiger partial charge in [-0.3, -0.25) is 9.69 Å². The fraction of sp³-hybridized carbons (Fsp3) is 0.381. The van der Waals surface area contributed by atoms with Crippen LogP contribution < -0.4 is 0 Å². The van der Waals surface area contributed by atoms with Crippen molar-refractivity contribution in [2.24, 2.45) is 11.8 Å². The molecular formula is C21H22FN5O2. The van der Waals surface area contributed by atoms with E-state index >= 15 is 0 Å². The number of amides is 1.